The molecule has 0 saturated heterocycles. The van der Waals surface area contributed by atoms with Crippen LogP contribution < -0.4 is 5.56 Å². The molecule has 1 unspecified atom stereocenters. The minimum atomic E-state index is -0.522. The van der Waals surface area contributed by atoms with Gasteiger partial charge in [0.25, 0.3) is 5.56 Å². The van der Waals surface area contributed by atoms with Gasteiger partial charge in [0.05, 0.1) is 0 Å². The molecule has 0 aliphatic heterocycles. The van der Waals surface area contributed by atoms with Crippen LogP contribution in [0.5, 0.6) is 0 Å². The predicted octanol–water partition coefficient (Wildman–Crippen LogP) is 2.24. The van der Waals surface area contributed by atoms with Gasteiger partial charge >= 0.3 is 0 Å². The highest BCUT2D eigenvalue weighted by Gasteiger charge is 2.27. The van der Waals surface area contributed by atoms with Crippen LogP contribution in [-0.2, 0) is 16.8 Å². The first-order valence-corrected chi connectivity index (χ1v) is 6.07. The van der Waals surface area contributed by atoms with Gasteiger partial charge in [0.15, 0.2) is 0 Å². The molecule has 0 aliphatic rings. The van der Waals surface area contributed by atoms with Gasteiger partial charge in [-0.15, -0.1) is 0 Å². The molecule has 1 aromatic heterocycles. The van der Waals surface area contributed by atoms with Crippen molar-refractivity contribution in [1.29, 1.82) is 0 Å². The van der Waals surface area contributed by atoms with E-state index in [2.05, 4.69) is 23.8 Å². The number of ether oxygens (including phenoxy) is 1. The van der Waals surface area contributed by atoms with Crippen LogP contribution in [0.4, 0.5) is 0 Å². The SMILES string of the molecule is CCC(C)(OC)c1nc(CC(C)C)cc(=O)[nH]1. The van der Waals surface area contributed by atoms with Crippen LogP contribution in [0, 0.1) is 5.92 Å². The Labute approximate surface area is 102 Å². The second-order valence-corrected chi connectivity index (χ2v) is 4.97. The van der Waals surface area contributed by atoms with E-state index in [1.165, 1.54) is 0 Å². The molecular formula is C13H22N2O2. The Morgan fingerprint density at radius 3 is 2.65 bits per heavy atom. The zero-order valence-corrected chi connectivity index (χ0v) is 11.3. The standard InChI is InChI=1S/C13H22N2O2/c1-6-13(4,17-5)12-14-10(7-9(2)3)8-11(16)15-12/h8-9H,6-7H2,1-5H3,(H,14,15,16). The molecule has 96 valence electrons. The van der Waals surface area contributed by atoms with Crippen LogP contribution in [0.25, 0.3) is 0 Å². The third-order valence-electron chi connectivity index (χ3n) is 3.04. The quantitative estimate of drug-likeness (QED) is 0.856. The van der Waals surface area contributed by atoms with Crippen molar-refractivity contribution in [3.63, 3.8) is 0 Å². The average Bonchev–Trinajstić information content (AvgIpc) is 2.26. The number of H-pyrrole nitrogens is 1. The highest BCUT2D eigenvalue weighted by molar-refractivity contribution is 5.08. The van der Waals surface area contributed by atoms with E-state index in [-0.39, 0.29) is 5.56 Å². The normalized spacial score (nSPS) is 14.9. The van der Waals surface area contributed by atoms with Crippen molar-refractivity contribution in [2.24, 2.45) is 5.92 Å². The molecule has 0 bridgehead atoms. The first kappa shape index (κ1) is 13.9. The maximum absolute atomic E-state index is 11.6. The minimum Gasteiger partial charge on any atom is -0.371 e. The number of hydrogen-bond acceptors (Lipinski definition) is 3. The summed E-state index contributed by atoms with van der Waals surface area (Å²) in [5.41, 5.74) is 0.199. The van der Waals surface area contributed by atoms with Gasteiger partial charge in [-0.3, -0.25) is 4.79 Å². The van der Waals surface area contributed by atoms with E-state index in [0.29, 0.717) is 11.7 Å². The van der Waals surface area contributed by atoms with E-state index in [9.17, 15) is 4.79 Å². The number of nitrogens with zero attached hydrogens (tertiary/aromatic N) is 1. The summed E-state index contributed by atoms with van der Waals surface area (Å²) < 4.78 is 5.46. The van der Waals surface area contributed by atoms with Gasteiger partial charge in [-0.2, -0.15) is 0 Å². The van der Waals surface area contributed by atoms with Crippen LogP contribution in [0.2, 0.25) is 0 Å². The lowest BCUT2D eigenvalue weighted by Crippen LogP contribution is -2.30. The van der Waals surface area contributed by atoms with Gasteiger partial charge < -0.3 is 9.72 Å². The van der Waals surface area contributed by atoms with Crippen molar-refractivity contribution in [3.05, 3.63) is 27.9 Å². The largest absolute Gasteiger partial charge is 0.371 e. The summed E-state index contributed by atoms with van der Waals surface area (Å²) in [4.78, 5) is 18.9. The molecule has 1 rings (SSSR count). The van der Waals surface area contributed by atoms with Gasteiger partial charge in [-0.1, -0.05) is 20.8 Å². The Hall–Kier alpha value is -1.16. The van der Waals surface area contributed by atoms with Crippen molar-refractivity contribution < 1.29 is 4.74 Å². The fourth-order valence-corrected chi connectivity index (χ4v) is 1.69. The highest BCUT2D eigenvalue weighted by Crippen LogP contribution is 2.24. The molecule has 0 amide bonds. The molecule has 0 aliphatic carbocycles. The number of aromatic nitrogens is 2. The molecular weight excluding hydrogens is 216 g/mol. The average molecular weight is 238 g/mol. The summed E-state index contributed by atoms with van der Waals surface area (Å²) in [5.74, 6) is 1.10. The third-order valence-corrected chi connectivity index (χ3v) is 3.04. The van der Waals surface area contributed by atoms with Gasteiger partial charge in [0.2, 0.25) is 0 Å². The molecule has 4 heteroatoms. The van der Waals surface area contributed by atoms with Crippen LogP contribution in [-0.4, -0.2) is 17.1 Å². The Kier molecular flexibility index (Phi) is 4.46. The van der Waals surface area contributed by atoms with E-state index >= 15 is 0 Å². The summed E-state index contributed by atoms with van der Waals surface area (Å²) in [6.45, 7) is 8.17. The first-order valence-electron chi connectivity index (χ1n) is 6.07. The van der Waals surface area contributed by atoms with Crippen molar-refractivity contribution in [2.75, 3.05) is 7.11 Å². The van der Waals surface area contributed by atoms with Crippen LogP contribution in [0.15, 0.2) is 10.9 Å². The number of methoxy groups -OCH3 is 1. The fourth-order valence-electron chi connectivity index (χ4n) is 1.69. The van der Waals surface area contributed by atoms with Gasteiger partial charge in [-0.25, -0.2) is 4.98 Å². The molecule has 0 aromatic carbocycles. The van der Waals surface area contributed by atoms with Gasteiger partial charge in [0.1, 0.15) is 11.4 Å². The van der Waals surface area contributed by atoms with Crippen LogP contribution >= 0.6 is 0 Å². The van der Waals surface area contributed by atoms with E-state index in [0.717, 1.165) is 18.5 Å². The second-order valence-electron chi connectivity index (χ2n) is 4.97. The summed E-state index contributed by atoms with van der Waals surface area (Å²) in [6, 6.07) is 1.56. The van der Waals surface area contributed by atoms with E-state index in [1.54, 1.807) is 13.2 Å². The molecule has 0 saturated carbocycles. The first-order chi connectivity index (χ1) is 7.91. The summed E-state index contributed by atoms with van der Waals surface area (Å²) in [7, 11) is 1.64. The zero-order valence-electron chi connectivity index (χ0n) is 11.3. The molecule has 1 N–H and O–H groups in total. The zero-order chi connectivity index (χ0) is 13.1. The van der Waals surface area contributed by atoms with Crippen molar-refractivity contribution >= 4 is 0 Å². The molecule has 0 fully saturated rings. The molecule has 1 aromatic rings. The molecule has 0 spiro atoms. The lowest BCUT2D eigenvalue weighted by atomic mass is 10.0. The summed E-state index contributed by atoms with van der Waals surface area (Å²) in [6.07, 6.45) is 1.57. The smallest absolute Gasteiger partial charge is 0.251 e. The molecule has 4 nitrogen and oxygen atoms in total. The van der Waals surface area contributed by atoms with E-state index in [1.807, 2.05) is 13.8 Å². The van der Waals surface area contributed by atoms with Gasteiger partial charge in [0, 0.05) is 18.9 Å². The fraction of sp³-hybridized carbons (Fsp3) is 0.692. The predicted molar refractivity (Wildman–Crippen MR) is 68.1 cm³/mol. The maximum Gasteiger partial charge on any atom is 0.251 e. The third kappa shape index (κ3) is 3.40. The highest BCUT2D eigenvalue weighted by atomic mass is 16.5. The summed E-state index contributed by atoms with van der Waals surface area (Å²) >= 11 is 0. The monoisotopic (exact) mass is 238 g/mol. The molecule has 0 radical (unpaired) electrons. The lowest BCUT2D eigenvalue weighted by molar-refractivity contribution is -0.00937. The van der Waals surface area contributed by atoms with Crippen LogP contribution in [0.3, 0.4) is 0 Å². The van der Waals surface area contributed by atoms with E-state index < -0.39 is 5.60 Å². The lowest BCUT2D eigenvalue weighted by Gasteiger charge is -2.25. The Bertz CT molecular complexity index is 420. The topological polar surface area (TPSA) is 55.0 Å². The van der Waals surface area contributed by atoms with Crippen LogP contribution in [0.1, 0.15) is 45.6 Å². The Morgan fingerprint density at radius 1 is 1.53 bits per heavy atom. The molecule has 1 heterocycles. The van der Waals surface area contributed by atoms with Crippen molar-refractivity contribution in [3.8, 4) is 0 Å². The molecule has 1 atom stereocenters. The Morgan fingerprint density at radius 2 is 2.18 bits per heavy atom. The number of hydrogen-bond donors (Lipinski definition) is 1. The van der Waals surface area contributed by atoms with Gasteiger partial charge in [-0.05, 0) is 25.7 Å². The van der Waals surface area contributed by atoms with Crippen molar-refractivity contribution in [1.82, 2.24) is 9.97 Å². The summed E-state index contributed by atoms with van der Waals surface area (Å²) in [5, 5.41) is 0. The second kappa shape index (κ2) is 5.45. The molecule has 17 heavy (non-hydrogen) atoms. The number of rotatable bonds is 5. The number of nitrogens with one attached hydrogen (secondary N) is 1. The minimum absolute atomic E-state index is 0.109. The number of aromatic amines is 1. The maximum atomic E-state index is 11.6. The van der Waals surface area contributed by atoms with E-state index in [4.69, 9.17) is 4.74 Å². The Balaban J connectivity index is 3.17. The van der Waals surface area contributed by atoms with Crippen molar-refractivity contribution in [2.45, 2.75) is 46.1 Å².